The molecule has 0 aliphatic carbocycles. The lowest BCUT2D eigenvalue weighted by Gasteiger charge is -2.23. The molecule has 0 unspecified atom stereocenters. The lowest BCUT2D eigenvalue weighted by atomic mass is 10.2. The molecule has 0 bridgehead atoms. The molecular weight excluding hydrogens is 296 g/mol. The smallest absolute Gasteiger partial charge is 0.261 e. The SMILES string of the molecule is N#Cc1ccc(OCC(=O)N2CCC[C@H]2c2cccs2)cc1. The molecule has 1 aromatic carbocycles. The van der Waals surface area contributed by atoms with Crippen LogP contribution in [0.1, 0.15) is 29.3 Å². The summed E-state index contributed by atoms with van der Waals surface area (Å²) in [6.07, 6.45) is 2.05. The predicted octanol–water partition coefficient (Wildman–Crippen LogP) is 3.36. The van der Waals surface area contributed by atoms with Crippen LogP contribution >= 0.6 is 11.3 Å². The molecule has 1 aliphatic heterocycles. The Bertz CT molecular complexity index is 674. The zero-order valence-corrected chi connectivity index (χ0v) is 12.9. The molecule has 0 spiro atoms. The van der Waals surface area contributed by atoms with Gasteiger partial charge in [0.1, 0.15) is 5.75 Å². The maximum absolute atomic E-state index is 12.4. The molecule has 1 fully saturated rings. The summed E-state index contributed by atoms with van der Waals surface area (Å²) < 4.78 is 5.55. The molecule has 0 saturated carbocycles. The number of thiophene rings is 1. The van der Waals surface area contributed by atoms with Gasteiger partial charge in [0.05, 0.1) is 17.7 Å². The van der Waals surface area contributed by atoms with Crippen LogP contribution in [0, 0.1) is 11.3 Å². The molecule has 112 valence electrons. The van der Waals surface area contributed by atoms with Gasteiger partial charge in [-0.25, -0.2) is 0 Å². The molecule has 4 nitrogen and oxygen atoms in total. The topological polar surface area (TPSA) is 53.3 Å². The van der Waals surface area contributed by atoms with E-state index in [4.69, 9.17) is 10.00 Å². The third kappa shape index (κ3) is 3.12. The van der Waals surface area contributed by atoms with Crippen LogP contribution < -0.4 is 4.74 Å². The normalized spacial score (nSPS) is 17.2. The molecule has 1 aromatic heterocycles. The van der Waals surface area contributed by atoms with Gasteiger partial charge < -0.3 is 9.64 Å². The van der Waals surface area contributed by atoms with Gasteiger partial charge in [0, 0.05) is 11.4 Å². The summed E-state index contributed by atoms with van der Waals surface area (Å²) in [6, 6.07) is 13.2. The Labute approximate surface area is 133 Å². The van der Waals surface area contributed by atoms with Crippen LogP contribution in [0.2, 0.25) is 0 Å². The minimum absolute atomic E-state index is 0.0141. The van der Waals surface area contributed by atoms with Gasteiger partial charge in [0.25, 0.3) is 5.91 Å². The quantitative estimate of drug-likeness (QED) is 0.870. The first-order chi connectivity index (χ1) is 10.8. The van der Waals surface area contributed by atoms with Gasteiger partial charge in [-0.15, -0.1) is 11.3 Å². The Morgan fingerprint density at radius 2 is 2.18 bits per heavy atom. The maximum Gasteiger partial charge on any atom is 0.261 e. The minimum atomic E-state index is 0.0141. The first kappa shape index (κ1) is 14.6. The Morgan fingerprint density at radius 3 is 2.86 bits per heavy atom. The van der Waals surface area contributed by atoms with E-state index in [1.807, 2.05) is 16.3 Å². The number of carbonyl (C=O) groups excluding carboxylic acids is 1. The summed E-state index contributed by atoms with van der Waals surface area (Å²) in [5.41, 5.74) is 0.580. The molecular formula is C17H16N2O2S. The van der Waals surface area contributed by atoms with E-state index in [0.717, 1.165) is 19.4 Å². The summed E-state index contributed by atoms with van der Waals surface area (Å²) in [7, 11) is 0. The molecule has 22 heavy (non-hydrogen) atoms. The van der Waals surface area contributed by atoms with E-state index >= 15 is 0 Å². The highest BCUT2D eigenvalue weighted by Gasteiger charge is 2.30. The summed E-state index contributed by atoms with van der Waals surface area (Å²) >= 11 is 1.69. The van der Waals surface area contributed by atoms with Gasteiger partial charge in [-0.2, -0.15) is 5.26 Å². The van der Waals surface area contributed by atoms with E-state index in [1.165, 1.54) is 4.88 Å². The molecule has 1 aliphatic rings. The first-order valence-corrected chi connectivity index (χ1v) is 8.12. The first-order valence-electron chi connectivity index (χ1n) is 7.24. The number of rotatable bonds is 4. The number of likely N-dealkylation sites (tertiary alicyclic amines) is 1. The second kappa shape index (κ2) is 6.63. The van der Waals surface area contributed by atoms with Crippen molar-refractivity contribution < 1.29 is 9.53 Å². The maximum atomic E-state index is 12.4. The molecule has 1 saturated heterocycles. The Kier molecular flexibility index (Phi) is 4.40. The lowest BCUT2D eigenvalue weighted by molar-refractivity contribution is -0.134. The van der Waals surface area contributed by atoms with Crippen molar-refractivity contribution in [1.29, 1.82) is 5.26 Å². The van der Waals surface area contributed by atoms with Gasteiger partial charge in [0.15, 0.2) is 6.61 Å². The molecule has 1 atom stereocenters. The second-order valence-electron chi connectivity index (χ2n) is 5.19. The summed E-state index contributed by atoms with van der Waals surface area (Å²) in [6.45, 7) is 0.825. The third-order valence-corrected chi connectivity index (χ3v) is 4.76. The summed E-state index contributed by atoms with van der Waals surface area (Å²) in [5.74, 6) is 0.625. The Hall–Kier alpha value is -2.32. The Balaban J connectivity index is 1.60. The fourth-order valence-corrected chi connectivity index (χ4v) is 3.57. The molecule has 0 N–H and O–H groups in total. The zero-order chi connectivity index (χ0) is 15.4. The van der Waals surface area contributed by atoms with E-state index in [2.05, 4.69) is 12.1 Å². The van der Waals surface area contributed by atoms with Crippen LogP contribution in [0.5, 0.6) is 5.75 Å². The molecule has 2 heterocycles. The number of hydrogen-bond donors (Lipinski definition) is 0. The number of carbonyl (C=O) groups is 1. The van der Waals surface area contributed by atoms with Crippen molar-refractivity contribution in [2.45, 2.75) is 18.9 Å². The number of hydrogen-bond acceptors (Lipinski definition) is 4. The van der Waals surface area contributed by atoms with Crippen LogP contribution in [0.25, 0.3) is 0 Å². The van der Waals surface area contributed by atoms with Gasteiger partial charge in [0.2, 0.25) is 0 Å². The van der Waals surface area contributed by atoms with Crippen molar-refractivity contribution >= 4 is 17.2 Å². The monoisotopic (exact) mass is 312 g/mol. The molecule has 0 radical (unpaired) electrons. The predicted molar refractivity (Wildman–Crippen MR) is 84.7 cm³/mol. The molecule has 1 amide bonds. The van der Waals surface area contributed by atoms with E-state index in [9.17, 15) is 4.79 Å². The van der Waals surface area contributed by atoms with Crippen molar-refractivity contribution in [1.82, 2.24) is 4.90 Å². The number of nitriles is 1. The highest BCUT2D eigenvalue weighted by Crippen LogP contribution is 2.34. The van der Waals surface area contributed by atoms with Crippen LogP contribution in [0.4, 0.5) is 0 Å². The van der Waals surface area contributed by atoms with Gasteiger partial charge in [-0.05, 0) is 48.6 Å². The highest BCUT2D eigenvalue weighted by atomic mass is 32.1. The number of nitrogens with zero attached hydrogens (tertiary/aromatic N) is 2. The van der Waals surface area contributed by atoms with E-state index < -0.39 is 0 Å². The molecule has 2 aromatic rings. The number of ether oxygens (including phenoxy) is 1. The van der Waals surface area contributed by atoms with E-state index in [0.29, 0.717) is 11.3 Å². The van der Waals surface area contributed by atoms with Crippen molar-refractivity contribution in [3.63, 3.8) is 0 Å². The molecule has 3 rings (SSSR count). The average molecular weight is 312 g/mol. The van der Waals surface area contributed by atoms with Crippen molar-refractivity contribution in [2.24, 2.45) is 0 Å². The molecule has 5 heteroatoms. The van der Waals surface area contributed by atoms with Gasteiger partial charge in [-0.3, -0.25) is 4.79 Å². The lowest BCUT2D eigenvalue weighted by Crippen LogP contribution is -2.34. The highest BCUT2D eigenvalue weighted by molar-refractivity contribution is 7.10. The van der Waals surface area contributed by atoms with E-state index in [-0.39, 0.29) is 18.6 Å². The van der Waals surface area contributed by atoms with Crippen LogP contribution in [-0.2, 0) is 4.79 Å². The van der Waals surface area contributed by atoms with Crippen molar-refractivity contribution in [2.75, 3.05) is 13.2 Å². The largest absolute Gasteiger partial charge is 0.484 e. The second-order valence-corrected chi connectivity index (χ2v) is 6.16. The van der Waals surface area contributed by atoms with Crippen molar-refractivity contribution in [3.8, 4) is 11.8 Å². The van der Waals surface area contributed by atoms with Crippen LogP contribution in [0.15, 0.2) is 41.8 Å². The number of benzene rings is 1. The summed E-state index contributed by atoms with van der Waals surface area (Å²) in [5, 5.41) is 10.8. The average Bonchev–Trinajstić information content (AvgIpc) is 3.23. The van der Waals surface area contributed by atoms with Crippen LogP contribution in [-0.4, -0.2) is 24.0 Å². The standard InChI is InChI=1S/C17H16N2O2S/c18-11-13-5-7-14(8-6-13)21-12-17(20)19-9-1-3-15(19)16-4-2-10-22-16/h2,4-8,10,15H,1,3,9,12H2/t15-/m0/s1. The summed E-state index contributed by atoms with van der Waals surface area (Å²) in [4.78, 5) is 15.6. The zero-order valence-electron chi connectivity index (χ0n) is 12.1. The minimum Gasteiger partial charge on any atom is -0.484 e. The van der Waals surface area contributed by atoms with Crippen molar-refractivity contribution in [3.05, 3.63) is 52.2 Å². The number of amides is 1. The fourth-order valence-electron chi connectivity index (χ4n) is 2.70. The van der Waals surface area contributed by atoms with Crippen LogP contribution in [0.3, 0.4) is 0 Å². The van der Waals surface area contributed by atoms with E-state index in [1.54, 1.807) is 35.6 Å². The fraction of sp³-hybridized carbons (Fsp3) is 0.294. The van der Waals surface area contributed by atoms with Gasteiger partial charge >= 0.3 is 0 Å². The van der Waals surface area contributed by atoms with Gasteiger partial charge in [-0.1, -0.05) is 6.07 Å². The third-order valence-electron chi connectivity index (χ3n) is 3.79. The Morgan fingerprint density at radius 1 is 1.36 bits per heavy atom.